The summed E-state index contributed by atoms with van der Waals surface area (Å²) in [5.74, 6) is 0. The molecule has 0 aliphatic rings. The Morgan fingerprint density at radius 3 is 1.55 bits per heavy atom. The monoisotopic (exact) mass is 666 g/mol. The third-order valence-corrected chi connectivity index (χ3v) is 11.7. The van der Waals surface area contributed by atoms with Gasteiger partial charge in [-0.3, -0.25) is 0 Å². The van der Waals surface area contributed by atoms with Gasteiger partial charge in [-0.05, 0) is 76.9 Å². The van der Waals surface area contributed by atoms with E-state index in [2.05, 4.69) is 191 Å². The largest absolute Gasteiger partial charge is 0.309 e. The van der Waals surface area contributed by atoms with Crippen LogP contribution in [0.15, 0.2) is 182 Å². The first-order valence-corrected chi connectivity index (χ1v) is 18.3. The van der Waals surface area contributed by atoms with Crippen LogP contribution in [0.2, 0.25) is 0 Å². The lowest BCUT2D eigenvalue weighted by Gasteiger charge is -2.13. The first-order chi connectivity index (χ1) is 25.3. The van der Waals surface area contributed by atoms with Gasteiger partial charge in [-0.15, -0.1) is 11.3 Å². The van der Waals surface area contributed by atoms with Crippen LogP contribution in [0, 0.1) is 0 Å². The number of hydrogen-bond acceptors (Lipinski definition) is 1. The highest BCUT2D eigenvalue weighted by molar-refractivity contribution is 7.25. The molecule has 0 spiro atoms. The molecular formula is C48H30N2S. The fraction of sp³-hybridized carbons (Fsp3) is 0. The summed E-state index contributed by atoms with van der Waals surface area (Å²) in [7, 11) is 0. The molecule has 0 atom stereocenters. The van der Waals surface area contributed by atoms with Crippen molar-refractivity contribution in [3.8, 4) is 33.6 Å². The zero-order valence-electron chi connectivity index (χ0n) is 27.6. The molecule has 238 valence electrons. The summed E-state index contributed by atoms with van der Waals surface area (Å²) in [5.41, 5.74) is 12.1. The second-order valence-electron chi connectivity index (χ2n) is 13.3. The van der Waals surface area contributed by atoms with E-state index >= 15 is 0 Å². The van der Waals surface area contributed by atoms with Crippen LogP contribution >= 0.6 is 11.3 Å². The number of thiophene rings is 1. The van der Waals surface area contributed by atoms with E-state index in [1.807, 2.05) is 11.3 Å². The van der Waals surface area contributed by atoms with E-state index in [-0.39, 0.29) is 0 Å². The number of hydrogen-bond donors (Lipinski definition) is 0. The molecule has 3 heterocycles. The van der Waals surface area contributed by atoms with Crippen LogP contribution in [0.1, 0.15) is 0 Å². The van der Waals surface area contributed by atoms with Crippen molar-refractivity contribution in [1.29, 1.82) is 0 Å². The smallest absolute Gasteiger partial charge is 0.0562 e. The zero-order valence-corrected chi connectivity index (χ0v) is 28.4. The minimum atomic E-state index is 1.16. The van der Waals surface area contributed by atoms with Gasteiger partial charge in [0.25, 0.3) is 0 Å². The lowest BCUT2D eigenvalue weighted by Crippen LogP contribution is -1.97. The van der Waals surface area contributed by atoms with Crippen molar-refractivity contribution in [3.63, 3.8) is 0 Å². The zero-order chi connectivity index (χ0) is 33.5. The van der Waals surface area contributed by atoms with Crippen LogP contribution in [0.25, 0.3) is 97.4 Å². The molecule has 0 aliphatic carbocycles. The Hall–Kier alpha value is -6.42. The van der Waals surface area contributed by atoms with Gasteiger partial charge in [-0.1, -0.05) is 127 Å². The van der Waals surface area contributed by atoms with Crippen molar-refractivity contribution in [2.45, 2.75) is 0 Å². The van der Waals surface area contributed by atoms with Gasteiger partial charge < -0.3 is 9.13 Å². The Bertz CT molecular complexity index is 3070. The SMILES string of the molecule is c1ccc(-c2ccc(-c3ccc4sc5cccc(-n6c7ccccc7c7ccc(-n8c9ccccc9c9ccccc98)cc76)c5c4c3)cc2)cc1. The highest BCUT2D eigenvalue weighted by Gasteiger charge is 2.19. The van der Waals surface area contributed by atoms with Crippen molar-refractivity contribution >= 4 is 75.1 Å². The Kier molecular flexibility index (Phi) is 6.16. The number of rotatable bonds is 4. The number of aromatic nitrogens is 2. The summed E-state index contributed by atoms with van der Waals surface area (Å²) in [4.78, 5) is 0. The van der Waals surface area contributed by atoms with Crippen LogP contribution in [0.4, 0.5) is 0 Å². The molecule has 0 fully saturated rings. The van der Waals surface area contributed by atoms with E-state index in [9.17, 15) is 0 Å². The molecule has 11 rings (SSSR count). The molecule has 0 saturated carbocycles. The molecule has 2 nitrogen and oxygen atoms in total. The third kappa shape index (κ3) is 4.29. The van der Waals surface area contributed by atoms with Crippen molar-refractivity contribution in [2.24, 2.45) is 0 Å². The van der Waals surface area contributed by atoms with Gasteiger partial charge in [-0.25, -0.2) is 0 Å². The minimum absolute atomic E-state index is 1.16. The summed E-state index contributed by atoms with van der Waals surface area (Å²) in [5, 5.41) is 7.65. The summed E-state index contributed by atoms with van der Waals surface area (Å²) in [6.45, 7) is 0. The van der Waals surface area contributed by atoms with Gasteiger partial charge in [0.1, 0.15) is 0 Å². The topological polar surface area (TPSA) is 9.86 Å². The number of fused-ring (bicyclic) bond motifs is 9. The standard InChI is InChI=1S/C48H30N2S/c1-2-11-31(12-3-1)32-21-23-33(24-22-32)34-25-28-46-40(29-34)48-44(19-10-20-47(48)51-46)50-43-18-9-6-15-38(43)39-27-26-35(30-45(39)50)49-41-16-7-4-13-36(41)37-14-5-8-17-42(37)49/h1-30H. The third-order valence-electron chi connectivity index (χ3n) is 10.5. The van der Waals surface area contributed by atoms with E-state index < -0.39 is 0 Å². The molecule has 0 aliphatic heterocycles. The quantitative estimate of drug-likeness (QED) is 0.177. The number of para-hydroxylation sites is 3. The van der Waals surface area contributed by atoms with Crippen molar-refractivity contribution in [3.05, 3.63) is 182 Å². The van der Waals surface area contributed by atoms with Crippen molar-refractivity contribution in [1.82, 2.24) is 9.13 Å². The van der Waals surface area contributed by atoms with Gasteiger partial charge in [0.05, 0.1) is 27.8 Å². The second-order valence-corrected chi connectivity index (χ2v) is 14.4. The van der Waals surface area contributed by atoms with E-state index in [0.29, 0.717) is 0 Å². The fourth-order valence-corrected chi connectivity index (χ4v) is 9.33. The highest BCUT2D eigenvalue weighted by atomic mass is 32.1. The predicted molar refractivity (Wildman–Crippen MR) is 219 cm³/mol. The lowest BCUT2D eigenvalue weighted by atomic mass is 9.99. The van der Waals surface area contributed by atoms with Crippen LogP contribution in [0.3, 0.4) is 0 Å². The van der Waals surface area contributed by atoms with Crippen molar-refractivity contribution < 1.29 is 0 Å². The minimum Gasteiger partial charge on any atom is -0.309 e. The molecule has 0 radical (unpaired) electrons. The van der Waals surface area contributed by atoms with Crippen LogP contribution in [0.5, 0.6) is 0 Å². The Morgan fingerprint density at radius 1 is 0.314 bits per heavy atom. The molecule has 51 heavy (non-hydrogen) atoms. The lowest BCUT2D eigenvalue weighted by molar-refractivity contribution is 1.16. The Morgan fingerprint density at radius 2 is 0.863 bits per heavy atom. The molecule has 11 aromatic rings. The molecule has 0 amide bonds. The molecular weight excluding hydrogens is 637 g/mol. The molecule has 3 aromatic heterocycles. The van der Waals surface area contributed by atoms with Crippen LogP contribution in [-0.4, -0.2) is 9.13 Å². The second kappa shape index (κ2) is 11.0. The fourth-order valence-electron chi connectivity index (χ4n) is 8.22. The molecule has 8 aromatic carbocycles. The molecule has 0 N–H and O–H groups in total. The van der Waals surface area contributed by atoms with Crippen LogP contribution < -0.4 is 0 Å². The first kappa shape index (κ1) is 28.4. The van der Waals surface area contributed by atoms with E-state index in [1.54, 1.807) is 0 Å². The Balaban J connectivity index is 1.14. The number of nitrogens with zero attached hydrogens (tertiary/aromatic N) is 2. The van der Waals surface area contributed by atoms with Gasteiger partial charge in [0.2, 0.25) is 0 Å². The summed E-state index contributed by atoms with van der Waals surface area (Å²) >= 11 is 1.87. The highest BCUT2D eigenvalue weighted by Crippen LogP contribution is 2.43. The van der Waals surface area contributed by atoms with E-state index in [0.717, 1.165) is 5.69 Å². The predicted octanol–water partition coefficient (Wildman–Crippen LogP) is 13.6. The average Bonchev–Trinajstić information content (AvgIpc) is 3.85. The molecule has 0 saturated heterocycles. The molecule has 3 heteroatoms. The van der Waals surface area contributed by atoms with Gasteiger partial charge >= 0.3 is 0 Å². The number of benzene rings is 8. The summed E-state index contributed by atoms with van der Waals surface area (Å²) < 4.78 is 7.51. The van der Waals surface area contributed by atoms with E-state index in [4.69, 9.17) is 0 Å². The maximum atomic E-state index is 2.50. The van der Waals surface area contributed by atoms with Gasteiger partial charge in [0, 0.05) is 47.4 Å². The average molecular weight is 667 g/mol. The maximum Gasteiger partial charge on any atom is 0.0562 e. The van der Waals surface area contributed by atoms with Gasteiger partial charge in [0.15, 0.2) is 0 Å². The van der Waals surface area contributed by atoms with Gasteiger partial charge in [-0.2, -0.15) is 0 Å². The van der Waals surface area contributed by atoms with E-state index in [1.165, 1.54) is 91.7 Å². The van der Waals surface area contributed by atoms with Crippen LogP contribution in [-0.2, 0) is 0 Å². The van der Waals surface area contributed by atoms with Crippen molar-refractivity contribution in [2.75, 3.05) is 0 Å². The molecule has 0 unspecified atom stereocenters. The molecule has 0 bridgehead atoms. The maximum absolute atomic E-state index is 2.50. The Labute approximate surface area is 298 Å². The summed E-state index contributed by atoms with van der Waals surface area (Å²) in [6.07, 6.45) is 0. The summed E-state index contributed by atoms with van der Waals surface area (Å²) in [6, 6.07) is 66.7. The normalized spacial score (nSPS) is 11.9. The first-order valence-electron chi connectivity index (χ1n) is 17.4.